The van der Waals surface area contributed by atoms with Gasteiger partial charge >= 0.3 is 5.97 Å². The van der Waals surface area contributed by atoms with Crippen LogP contribution in [0.3, 0.4) is 0 Å². The normalized spacial score (nSPS) is 13.9. The molecule has 16 heavy (non-hydrogen) atoms. The van der Waals surface area contributed by atoms with Crippen molar-refractivity contribution >= 4 is 17.6 Å². The molecule has 0 bridgehead atoms. The molecule has 1 aliphatic rings. The first-order chi connectivity index (χ1) is 7.63. The Hall–Kier alpha value is -1.88. The smallest absolute Gasteiger partial charge is 0.340 e. The molecule has 5 nitrogen and oxygen atoms in total. The molecule has 0 aromatic heterocycles. The van der Waals surface area contributed by atoms with Crippen LogP contribution >= 0.6 is 0 Å². The zero-order valence-electron chi connectivity index (χ0n) is 8.77. The van der Waals surface area contributed by atoms with E-state index in [-0.39, 0.29) is 5.91 Å². The Morgan fingerprint density at radius 2 is 2.31 bits per heavy atom. The van der Waals surface area contributed by atoms with Gasteiger partial charge in [-0.3, -0.25) is 4.79 Å². The monoisotopic (exact) mass is 221 g/mol. The summed E-state index contributed by atoms with van der Waals surface area (Å²) >= 11 is 0. The molecule has 1 heterocycles. The number of anilines is 1. The van der Waals surface area contributed by atoms with Gasteiger partial charge < -0.3 is 14.7 Å². The summed E-state index contributed by atoms with van der Waals surface area (Å²) < 4.78 is 4.46. The van der Waals surface area contributed by atoms with Crippen LogP contribution in [0.25, 0.3) is 0 Å². The van der Waals surface area contributed by atoms with Crippen LogP contribution in [0.2, 0.25) is 0 Å². The molecule has 0 fully saturated rings. The van der Waals surface area contributed by atoms with Crippen LogP contribution in [0, 0.1) is 0 Å². The minimum Gasteiger partial charge on any atom is -0.435 e. The first-order valence-corrected chi connectivity index (χ1v) is 4.81. The second-order valence-corrected chi connectivity index (χ2v) is 3.53. The van der Waals surface area contributed by atoms with Gasteiger partial charge in [0.05, 0.1) is 12.0 Å². The first kappa shape index (κ1) is 10.6. The van der Waals surface area contributed by atoms with Crippen molar-refractivity contribution in [3.63, 3.8) is 0 Å². The van der Waals surface area contributed by atoms with Gasteiger partial charge in [0.25, 0.3) is 0 Å². The number of carbonyl (C=O) groups is 2. The van der Waals surface area contributed by atoms with Crippen LogP contribution in [-0.4, -0.2) is 30.8 Å². The van der Waals surface area contributed by atoms with Crippen LogP contribution in [0.4, 0.5) is 5.69 Å². The molecular weight excluding hydrogens is 210 g/mol. The van der Waals surface area contributed by atoms with Crippen LogP contribution in [0.1, 0.15) is 15.9 Å². The van der Waals surface area contributed by atoms with Gasteiger partial charge in [-0.2, -0.15) is 0 Å². The molecule has 1 amide bonds. The summed E-state index contributed by atoms with van der Waals surface area (Å²) in [7, 11) is 1.69. The predicted molar refractivity (Wildman–Crippen MR) is 56.1 cm³/mol. The Morgan fingerprint density at radius 3 is 3.00 bits per heavy atom. The molecule has 2 rings (SSSR count). The molecule has 84 valence electrons. The molecule has 1 aliphatic heterocycles. The number of rotatable bonds is 2. The molecule has 0 spiro atoms. The van der Waals surface area contributed by atoms with E-state index in [0.717, 1.165) is 11.3 Å². The molecule has 1 N–H and O–H groups in total. The molecule has 0 aliphatic carbocycles. The highest BCUT2D eigenvalue weighted by molar-refractivity contribution is 6.02. The van der Waals surface area contributed by atoms with Crippen LogP contribution < -0.4 is 4.90 Å². The zero-order chi connectivity index (χ0) is 11.7. The van der Waals surface area contributed by atoms with Crippen LogP contribution in [0.15, 0.2) is 18.2 Å². The number of hydrogen-bond donors (Lipinski definition) is 1. The number of hydrogen-bond acceptors (Lipinski definition) is 4. The van der Waals surface area contributed by atoms with Gasteiger partial charge in [-0.15, -0.1) is 0 Å². The number of amides is 1. The molecule has 0 unspecified atom stereocenters. The summed E-state index contributed by atoms with van der Waals surface area (Å²) in [6.45, 7) is -0.644. The third-order valence-electron chi connectivity index (χ3n) is 2.59. The molecular formula is C11H11NO4. The Balaban J connectivity index is 2.32. The van der Waals surface area contributed by atoms with E-state index < -0.39 is 12.8 Å². The second-order valence-electron chi connectivity index (χ2n) is 3.53. The fraction of sp³-hybridized carbons (Fsp3) is 0.273. The highest BCUT2D eigenvalue weighted by Gasteiger charge is 2.24. The number of esters is 1. The van der Waals surface area contributed by atoms with E-state index in [9.17, 15) is 9.59 Å². The minimum absolute atomic E-state index is 0.00248. The molecule has 0 atom stereocenters. The van der Waals surface area contributed by atoms with Crippen LogP contribution in [-0.2, 0) is 16.0 Å². The van der Waals surface area contributed by atoms with Crippen molar-refractivity contribution in [2.45, 2.75) is 6.42 Å². The van der Waals surface area contributed by atoms with Gasteiger partial charge in [-0.1, -0.05) is 0 Å². The number of ether oxygens (including phenoxy) is 1. The minimum atomic E-state index is -0.644. The SMILES string of the molecule is CN1C(=O)Cc2cc(C(=O)OCO)ccc21. The van der Waals surface area contributed by atoms with E-state index >= 15 is 0 Å². The van der Waals surface area contributed by atoms with Crippen molar-refractivity contribution < 1.29 is 19.4 Å². The second kappa shape index (κ2) is 3.94. The van der Waals surface area contributed by atoms with Crippen molar-refractivity contribution in [2.24, 2.45) is 0 Å². The third kappa shape index (κ3) is 1.65. The fourth-order valence-electron chi connectivity index (χ4n) is 1.74. The van der Waals surface area contributed by atoms with E-state index in [2.05, 4.69) is 4.74 Å². The van der Waals surface area contributed by atoms with Gasteiger partial charge in [0, 0.05) is 12.7 Å². The first-order valence-electron chi connectivity index (χ1n) is 4.81. The van der Waals surface area contributed by atoms with Gasteiger partial charge in [-0.05, 0) is 23.8 Å². The lowest BCUT2D eigenvalue weighted by Crippen LogP contribution is -2.20. The molecule has 0 saturated carbocycles. The van der Waals surface area contributed by atoms with Crippen molar-refractivity contribution in [3.8, 4) is 0 Å². The number of nitrogens with zero attached hydrogens (tertiary/aromatic N) is 1. The Bertz CT molecular complexity index is 455. The van der Waals surface area contributed by atoms with Crippen molar-refractivity contribution in [1.82, 2.24) is 0 Å². The number of carbonyl (C=O) groups excluding carboxylic acids is 2. The number of aliphatic hydroxyl groups excluding tert-OH is 1. The van der Waals surface area contributed by atoms with Gasteiger partial charge in [0.2, 0.25) is 5.91 Å². The fourth-order valence-corrected chi connectivity index (χ4v) is 1.74. The standard InChI is InChI=1S/C11H11NO4/c1-12-9-3-2-7(11(15)16-6-13)4-8(9)5-10(12)14/h2-4,13H,5-6H2,1H3. The maximum Gasteiger partial charge on any atom is 0.340 e. The lowest BCUT2D eigenvalue weighted by molar-refractivity contribution is -0.117. The maximum atomic E-state index is 11.4. The molecule has 1 aromatic rings. The lowest BCUT2D eigenvalue weighted by atomic mass is 10.1. The number of aliphatic hydroxyl groups is 1. The highest BCUT2D eigenvalue weighted by Crippen LogP contribution is 2.28. The molecule has 0 radical (unpaired) electrons. The van der Waals surface area contributed by atoms with E-state index in [0.29, 0.717) is 12.0 Å². The van der Waals surface area contributed by atoms with E-state index in [1.807, 2.05) is 0 Å². The molecule has 5 heteroatoms. The van der Waals surface area contributed by atoms with Gasteiger partial charge in [-0.25, -0.2) is 4.79 Å². The lowest BCUT2D eigenvalue weighted by Gasteiger charge is -2.10. The quantitative estimate of drug-likeness (QED) is 0.576. The summed E-state index contributed by atoms with van der Waals surface area (Å²) in [5, 5.41) is 8.47. The summed E-state index contributed by atoms with van der Waals surface area (Å²) in [5.74, 6) is -0.588. The van der Waals surface area contributed by atoms with Gasteiger partial charge in [0.1, 0.15) is 0 Å². The van der Waals surface area contributed by atoms with E-state index in [4.69, 9.17) is 5.11 Å². The third-order valence-corrected chi connectivity index (χ3v) is 2.59. The van der Waals surface area contributed by atoms with Crippen molar-refractivity contribution in [1.29, 1.82) is 0 Å². The van der Waals surface area contributed by atoms with Crippen molar-refractivity contribution in [2.75, 3.05) is 18.7 Å². The van der Waals surface area contributed by atoms with Crippen LogP contribution in [0.5, 0.6) is 0 Å². The summed E-state index contributed by atoms with van der Waals surface area (Å²) in [5.41, 5.74) is 1.96. The van der Waals surface area contributed by atoms with E-state index in [1.165, 1.54) is 0 Å². The Labute approximate surface area is 92.2 Å². The Kier molecular flexibility index (Phi) is 2.62. The highest BCUT2D eigenvalue weighted by atomic mass is 16.6. The van der Waals surface area contributed by atoms with E-state index in [1.54, 1.807) is 30.1 Å². The maximum absolute atomic E-state index is 11.4. The number of benzene rings is 1. The largest absolute Gasteiger partial charge is 0.435 e. The van der Waals surface area contributed by atoms with Crippen molar-refractivity contribution in [3.05, 3.63) is 29.3 Å². The number of fused-ring (bicyclic) bond motifs is 1. The summed E-state index contributed by atoms with van der Waals surface area (Å²) in [6.07, 6.45) is 0.298. The molecule has 1 aromatic carbocycles. The molecule has 0 saturated heterocycles. The topological polar surface area (TPSA) is 66.8 Å². The zero-order valence-corrected chi connectivity index (χ0v) is 8.77. The summed E-state index contributed by atoms with van der Waals surface area (Å²) in [6, 6.07) is 4.90. The average Bonchev–Trinajstić information content (AvgIpc) is 2.55. The summed E-state index contributed by atoms with van der Waals surface area (Å²) in [4.78, 5) is 24.3. The van der Waals surface area contributed by atoms with Gasteiger partial charge in [0.15, 0.2) is 6.79 Å². The Morgan fingerprint density at radius 1 is 1.56 bits per heavy atom. The average molecular weight is 221 g/mol. The predicted octanol–water partition coefficient (Wildman–Crippen LogP) is 0.312. The number of likely N-dealkylation sites (N-methyl/N-ethyl adjacent to an activating group) is 1.